The number of aromatic nitrogens is 4. The lowest BCUT2D eigenvalue weighted by atomic mass is 10.1. The van der Waals surface area contributed by atoms with E-state index in [1.807, 2.05) is 17.7 Å². The largest absolute Gasteiger partial charge is 0.395 e. The Morgan fingerprint density at radius 3 is 2.89 bits per heavy atom. The van der Waals surface area contributed by atoms with E-state index in [1.165, 1.54) is 6.07 Å². The molecule has 0 aliphatic carbocycles. The number of aliphatic hydroxyl groups is 1. The number of hydrogen-bond acceptors (Lipinski definition) is 6. The lowest BCUT2D eigenvalue weighted by Crippen LogP contribution is -2.40. The highest BCUT2D eigenvalue weighted by Crippen LogP contribution is 2.27. The molecule has 3 aromatic rings. The Morgan fingerprint density at radius 2 is 2.09 bits per heavy atom. The van der Waals surface area contributed by atoms with E-state index in [9.17, 15) is 14.3 Å². The summed E-state index contributed by atoms with van der Waals surface area (Å²) in [6.45, 7) is 5.40. The van der Waals surface area contributed by atoms with E-state index in [2.05, 4.69) is 37.1 Å². The van der Waals surface area contributed by atoms with Crippen molar-refractivity contribution in [2.24, 2.45) is 0 Å². The molecule has 0 radical (unpaired) electrons. The molecule has 0 spiro atoms. The zero-order chi connectivity index (χ0) is 24.4. The second-order valence-corrected chi connectivity index (χ2v) is 8.64. The third-order valence-electron chi connectivity index (χ3n) is 6.30. The number of carbonyl (C=O) groups is 1. The minimum absolute atomic E-state index is 0.124. The minimum Gasteiger partial charge on any atom is -0.395 e. The van der Waals surface area contributed by atoms with Gasteiger partial charge in [-0.2, -0.15) is 5.10 Å². The average molecular weight is 476 g/mol. The molecule has 35 heavy (non-hydrogen) atoms. The van der Waals surface area contributed by atoms with Crippen molar-refractivity contribution >= 4 is 11.7 Å². The number of rotatable bonds is 4. The Labute approximate surface area is 202 Å². The molecule has 180 valence electrons. The summed E-state index contributed by atoms with van der Waals surface area (Å²) in [5.41, 5.74) is 4.76. The first-order valence-corrected chi connectivity index (χ1v) is 11.6. The summed E-state index contributed by atoms with van der Waals surface area (Å²) in [6.07, 6.45) is 5.31. The van der Waals surface area contributed by atoms with Gasteiger partial charge in [0.2, 0.25) is 0 Å². The fourth-order valence-corrected chi connectivity index (χ4v) is 4.38. The number of amides is 2. The zero-order valence-corrected chi connectivity index (χ0v) is 19.4. The minimum atomic E-state index is -0.417. The third kappa shape index (κ3) is 4.87. The number of aliphatic hydroxyl groups excluding tert-OH is 1. The summed E-state index contributed by atoms with van der Waals surface area (Å²) in [4.78, 5) is 25.4. The first-order valence-electron chi connectivity index (χ1n) is 11.6. The molecule has 0 aromatic carbocycles. The van der Waals surface area contributed by atoms with Gasteiger partial charge >= 0.3 is 6.03 Å². The summed E-state index contributed by atoms with van der Waals surface area (Å²) in [7, 11) is 0. The first-order chi connectivity index (χ1) is 17.0. The van der Waals surface area contributed by atoms with Crippen molar-refractivity contribution in [3.63, 3.8) is 0 Å². The molecule has 10 heteroatoms. The van der Waals surface area contributed by atoms with E-state index in [-0.39, 0.29) is 18.7 Å². The average Bonchev–Trinajstić information content (AvgIpc) is 3.47. The van der Waals surface area contributed by atoms with Gasteiger partial charge in [-0.15, -0.1) is 0 Å². The quantitative estimate of drug-likeness (QED) is 0.559. The van der Waals surface area contributed by atoms with Crippen LogP contribution in [-0.2, 0) is 19.5 Å². The van der Waals surface area contributed by atoms with E-state index in [4.69, 9.17) is 0 Å². The number of nitrogens with one attached hydrogen (secondary N) is 1. The molecule has 2 aliphatic heterocycles. The van der Waals surface area contributed by atoms with Crippen LogP contribution in [0.15, 0.2) is 36.8 Å². The van der Waals surface area contributed by atoms with Gasteiger partial charge in [0, 0.05) is 44.4 Å². The molecule has 2 N–H and O–H groups in total. The van der Waals surface area contributed by atoms with Gasteiger partial charge in [0.25, 0.3) is 0 Å². The first kappa shape index (κ1) is 23.0. The van der Waals surface area contributed by atoms with E-state index >= 15 is 0 Å². The van der Waals surface area contributed by atoms with Crippen LogP contribution >= 0.6 is 0 Å². The van der Waals surface area contributed by atoms with Gasteiger partial charge in [0.05, 0.1) is 59.9 Å². The fourth-order valence-electron chi connectivity index (χ4n) is 4.38. The monoisotopic (exact) mass is 475 g/mol. The molecule has 0 bridgehead atoms. The number of β-amino-alcohol motifs (C(OH)–C–C–N with tert-alkyl or cyclic N) is 1. The van der Waals surface area contributed by atoms with Crippen molar-refractivity contribution in [1.29, 1.82) is 0 Å². The molecule has 3 aromatic heterocycles. The van der Waals surface area contributed by atoms with Crippen LogP contribution in [0.3, 0.4) is 0 Å². The highest BCUT2D eigenvalue weighted by molar-refractivity contribution is 5.94. The van der Waals surface area contributed by atoms with Crippen molar-refractivity contribution in [1.82, 2.24) is 30.0 Å². The number of halogens is 1. The molecular weight excluding hydrogens is 449 g/mol. The van der Waals surface area contributed by atoms with Crippen molar-refractivity contribution in [3.05, 3.63) is 70.8 Å². The van der Waals surface area contributed by atoms with Gasteiger partial charge in [0.1, 0.15) is 5.82 Å². The van der Waals surface area contributed by atoms with Gasteiger partial charge in [-0.1, -0.05) is 11.8 Å². The summed E-state index contributed by atoms with van der Waals surface area (Å²) >= 11 is 0. The van der Waals surface area contributed by atoms with Gasteiger partial charge in [-0.05, 0) is 25.1 Å². The van der Waals surface area contributed by atoms with Gasteiger partial charge in [0.15, 0.2) is 0 Å². The predicted molar refractivity (Wildman–Crippen MR) is 127 cm³/mol. The molecule has 2 amide bonds. The summed E-state index contributed by atoms with van der Waals surface area (Å²) in [6, 6.07) is 4.14. The number of nitrogens with zero attached hydrogens (tertiary/aromatic N) is 6. The van der Waals surface area contributed by atoms with Crippen LogP contribution in [0.5, 0.6) is 0 Å². The molecule has 1 atom stereocenters. The number of pyridine rings is 2. The smallest absolute Gasteiger partial charge is 0.322 e. The fraction of sp³-hybridized carbons (Fsp3) is 0.360. The normalized spacial score (nSPS) is 15.7. The topological polar surface area (TPSA) is 99.4 Å². The molecule has 2 aliphatic rings. The van der Waals surface area contributed by atoms with Crippen LogP contribution in [0.25, 0.3) is 0 Å². The third-order valence-corrected chi connectivity index (χ3v) is 6.30. The number of anilines is 1. The van der Waals surface area contributed by atoms with Crippen LogP contribution in [0, 0.1) is 17.7 Å². The van der Waals surface area contributed by atoms with Crippen molar-refractivity contribution in [2.75, 3.05) is 31.1 Å². The van der Waals surface area contributed by atoms with Crippen molar-refractivity contribution in [2.45, 2.75) is 32.5 Å². The lowest BCUT2D eigenvalue weighted by Gasteiger charge is -2.26. The van der Waals surface area contributed by atoms with Crippen LogP contribution in [0.1, 0.15) is 41.2 Å². The SMILES string of the molecule is C[C@H](NC(=O)N1CCc2ncc(C#Cc3cnn4c3CN(CCO)CC4)cc21)c1ccc(F)cn1. The van der Waals surface area contributed by atoms with Gasteiger partial charge < -0.3 is 10.4 Å². The number of fused-ring (bicyclic) bond motifs is 2. The Bertz CT molecular complexity index is 1300. The summed E-state index contributed by atoms with van der Waals surface area (Å²) < 4.78 is 15.1. The second kappa shape index (κ2) is 9.82. The molecule has 0 fully saturated rings. The van der Waals surface area contributed by atoms with Crippen LogP contribution in [-0.4, -0.2) is 62.0 Å². The van der Waals surface area contributed by atoms with Gasteiger partial charge in [-0.3, -0.25) is 24.4 Å². The van der Waals surface area contributed by atoms with Crippen molar-refractivity contribution in [3.8, 4) is 11.8 Å². The van der Waals surface area contributed by atoms with Crippen LogP contribution in [0.2, 0.25) is 0 Å². The second-order valence-electron chi connectivity index (χ2n) is 8.64. The Hall–Kier alpha value is -3.81. The number of hydrogen-bond donors (Lipinski definition) is 2. The lowest BCUT2D eigenvalue weighted by molar-refractivity contribution is 0.163. The zero-order valence-electron chi connectivity index (χ0n) is 19.4. The standard InChI is InChI=1S/C25H26FN7O2/c1-17(21-5-4-20(26)15-28-21)30-25(35)32-7-6-22-23(32)12-18(13-27-22)2-3-19-14-29-33-9-8-31(10-11-34)16-24(19)33/h4-5,12-15,17,34H,6-11,16H2,1H3,(H,30,35)/t17-/m0/s1. The maximum absolute atomic E-state index is 13.2. The summed E-state index contributed by atoms with van der Waals surface area (Å²) in [5.74, 6) is 5.96. The molecule has 5 heterocycles. The Morgan fingerprint density at radius 1 is 1.20 bits per heavy atom. The van der Waals surface area contributed by atoms with E-state index < -0.39 is 5.82 Å². The van der Waals surface area contributed by atoms with E-state index in [0.29, 0.717) is 37.3 Å². The van der Waals surface area contributed by atoms with Crippen molar-refractivity contribution < 1.29 is 14.3 Å². The van der Waals surface area contributed by atoms with Crippen LogP contribution in [0.4, 0.5) is 14.9 Å². The molecule has 0 unspecified atom stereocenters. The summed E-state index contributed by atoms with van der Waals surface area (Å²) in [5, 5.41) is 16.6. The molecule has 5 rings (SSSR count). The highest BCUT2D eigenvalue weighted by Gasteiger charge is 2.27. The molecule has 0 saturated heterocycles. The van der Waals surface area contributed by atoms with Gasteiger partial charge in [-0.25, -0.2) is 9.18 Å². The molecule has 9 nitrogen and oxygen atoms in total. The molecule has 0 saturated carbocycles. The number of urea groups is 1. The maximum Gasteiger partial charge on any atom is 0.322 e. The van der Waals surface area contributed by atoms with E-state index in [1.54, 1.807) is 23.4 Å². The number of carbonyl (C=O) groups excluding carboxylic acids is 1. The van der Waals surface area contributed by atoms with E-state index in [0.717, 1.165) is 41.9 Å². The highest BCUT2D eigenvalue weighted by atomic mass is 19.1. The Balaban J connectivity index is 1.31. The van der Waals surface area contributed by atoms with Crippen LogP contribution < -0.4 is 10.2 Å². The predicted octanol–water partition coefficient (Wildman–Crippen LogP) is 1.85. The maximum atomic E-state index is 13.2. The molecular formula is C25H26FN7O2. The Kier molecular flexibility index (Phi) is 6.44.